The quantitative estimate of drug-likeness (QED) is 0.894. The van der Waals surface area contributed by atoms with Crippen LogP contribution in [0.4, 0.5) is 0 Å². The molecule has 6 heteroatoms. The molecule has 13 heavy (non-hydrogen) atoms. The van der Waals surface area contributed by atoms with Gasteiger partial charge in [0.15, 0.2) is 0 Å². The van der Waals surface area contributed by atoms with Crippen molar-refractivity contribution in [2.45, 2.75) is 12.5 Å². The lowest BCUT2D eigenvalue weighted by atomic mass is 10.2. The summed E-state index contributed by atoms with van der Waals surface area (Å²) in [5.74, 6) is -0.972. The van der Waals surface area contributed by atoms with Crippen LogP contribution in [0, 0.1) is 0 Å². The van der Waals surface area contributed by atoms with Gasteiger partial charge in [-0.2, -0.15) is 0 Å². The van der Waals surface area contributed by atoms with Crippen LogP contribution in [0.2, 0.25) is 0 Å². The zero-order valence-corrected chi connectivity index (χ0v) is 10.4. The van der Waals surface area contributed by atoms with Gasteiger partial charge >= 0.3 is 5.97 Å². The van der Waals surface area contributed by atoms with Gasteiger partial charge in [-0.1, -0.05) is 0 Å². The topological polar surface area (TPSA) is 63.3 Å². The van der Waals surface area contributed by atoms with Crippen LogP contribution in [-0.2, 0) is 11.2 Å². The van der Waals surface area contributed by atoms with Crippen LogP contribution in [-0.4, -0.2) is 17.1 Å². The lowest BCUT2D eigenvalue weighted by molar-refractivity contribution is -0.138. The lowest BCUT2D eigenvalue weighted by Gasteiger charge is -2.02. The number of carboxylic acids is 1. The van der Waals surface area contributed by atoms with E-state index in [1.807, 2.05) is 6.07 Å². The van der Waals surface area contributed by atoms with E-state index in [1.54, 1.807) is 0 Å². The second kappa shape index (κ2) is 4.54. The highest BCUT2D eigenvalue weighted by Crippen LogP contribution is 2.32. The molecule has 1 aromatic rings. The van der Waals surface area contributed by atoms with Gasteiger partial charge in [-0.05, 0) is 37.9 Å². The van der Waals surface area contributed by atoms with E-state index in [9.17, 15) is 4.79 Å². The van der Waals surface area contributed by atoms with E-state index >= 15 is 0 Å². The third-order valence-electron chi connectivity index (χ3n) is 1.43. The summed E-state index contributed by atoms with van der Waals surface area (Å²) in [7, 11) is 0. The summed E-state index contributed by atoms with van der Waals surface area (Å²) in [5, 5.41) is 8.58. The molecule has 0 unspecified atom stereocenters. The average Bonchev–Trinajstić information content (AvgIpc) is 2.31. The molecule has 3 N–H and O–H groups in total. The maximum absolute atomic E-state index is 10.5. The third kappa shape index (κ3) is 3.05. The van der Waals surface area contributed by atoms with Crippen LogP contribution in [0.1, 0.15) is 4.88 Å². The summed E-state index contributed by atoms with van der Waals surface area (Å²) in [5.41, 5.74) is 5.38. The van der Waals surface area contributed by atoms with Crippen LogP contribution in [0.3, 0.4) is 0 Å². The van der Waals surface area contributed by atoms with Crippen molar-refractivity contribution < 1.29 is 9.90 Å². The van der Waals surface area contributed by atoms with E-state index in [0.29, 0.717) is 6.42 Å². The Balaban J connectivity index is 2.69. The normalized spacial score (nSPS) is 12.8. The highest BCUT2D eigenvalue weighted by Gasteiger charge is 2.14. The number of hydrogen-bond donors (Lipinski definition) is 2. The van der Waals surface area contributed by atoms with Crippen molar-refractivity contribution in [2.75, 3.05) is 0 Å². The SMILES string of the molecule is N[C@@H](Cc1cc(Br)c(Br)s1)C(=O)O. The van der Waals surface area contributed by atoms with Crippen molar-refractivity contribution in [3.63, 3.8) is 0 Å². The number of nitrogens with two attached hydrogens (primary N) is 1. The number of carbonyl (C=O) groups is 1. The molecule has 0 amide bonds. The minimum absolute atomic E-state index is 0.365. The Hall–Kier alpha value is 0.0900. The van der Waals surface area contributed by atoms with Gasteiger partial charge in [0, 0.05) is 15.8 Å². The summed E-state index contributed by atoms with van der Waals surface area (Å²) in [4.78, 5) is 11.4. The lowest BCUT2D eigenvalue weighted by Crippen LogP contribution is -2.31. The number of rotatable bonds is 3. The summed E-state index contributed by atoms with van der Waals surface area (Å²) < 4.78 is 1.89. The van der Waals surface area contributed by atoms with Crippen LogP contribution in [0.25, 0.3) is 0 Å². The molecular weight excluding hydrogens is 322 g/mol. The standard InChI is InChI=1S/C7H7Br2NO2S/c8-4-1-3(13-6(4)9)2-5(10)7(11)12/h1,5H,2,10H2,(H,11,12)/t5-/m0/s1. The first-order valence-electron chi connectivity index (χ1n) is 3.43. The predicted octanol–water partition coefficient (Wildman–Crippen LogP) is 2.23. The van der Waals surface area contributed by atoms with Gasteiger partial charge in [0.05, 0.1) is 3.79 Å². The predicted molar refractivity (Wildman–Crippen MR) is 59.0 cm³/mol. The van der Waals surface area contributed by atoms with Crippen LogP contribution in [0.5, 0.6) is 0 Å². The molecule has 0 spiro atoms. The molecule has 3 nitrogen and oxygen atoms in total. The van der Waals surface area contributed by atoms with E-state index in [2.05, 4.69) is 31.9 Å². The minimum Gasteiger partial charge on any atom is -0.480 e. The van der Waals surface area contributed by atoms with Crippen molar-refractivity contribution in [3.05, 3.63) is 19.2 Å². The van der Waals surface area contributed by atoms with E-state index in [-0.39, 0.29) is 0 Å². The largest absolute Gasteiger partial charge is 0.480 e. The first kappa shape index (κ1) is 11.2. The molecule has 0 saturated carbocycles. The minimum atomic E-state index is -0.972. The van der Waals surface area contributed by atoms with Crippen LogP contribution < -0.4 is 5.73 Å². The Bertz CT molecular complexity index is 307. The Morgan fingerprint density at radius 3 is 2.69 bits per heavy atom. The highest BCUT2D eigenvalue weighted by atomic mass is 79.9. The molecule has 1 aromatic heterocycles. The Kier molecular flexibility index (Phi) is 3.90. The molecule has 0 saturated heterocycles. The molecule has 0 aliphatic rings. The van der Waals surface area contributed by atoms with Gasteiger partial charge in [-0.3, -0.25) is 4.79 Å². The highest BCUT2D eigenvalue weighted by molar-refractivity contribution is 9.13. The fourth-order valence-electron chi connectivity index (χ4n) is 0.796. The summed E-state index contributed by atoms with van der Waals surface area (Å²) in [6.45, 7) is 0. The average molecular weight is 329 g/mol. The van der Waals surface area contributed by atoms with E-state index in [4.69, 9.17) is 10.8 Å². The summed E-state index contributed by atoms with van der Waals surface area (Å²) in [6.07, 6.45) is 0.365. The zero-order valence-electron chi connectivity index (χ0n) is 6.46. The zero-order chi connectivity index (χ0) is 10.0. The van der Waals surface area contributed by atoms with Crippen LogP contribution in [0.15, 0.2) is 14.3 Å². The van der Waals surface area contributed by atoms with Gasteiger partial charge < -0.3 is 10.8 Å². The van der Waals surface area contributed by atoms with E-state index < -0.39 is 12.0 Å². The summed E-state index contributed by atoms with van der Waals surface area (Å²) in [6, 6.07) is 1.05. The number of halogens is 2. The Morgan fingerprint density at radius 2 is 2.31 bits per heavy atom. The van der Waals surface area contributed by atoms with Crippen molar-refractivity contribution >= 4 is 49.2 Å². The number of aliphatic carboxylic acids is 1. The van der Waals surface area contributed by atoms with Gasteiger partial charge in [-0.25, -0.2) is 0 Å². The molecule has 1 heterocycles. The molecule has 1 atom stereocenters. The number of thiophene rings is 1. The molecule has 72 valence electrons. The molecule has 0 bridgehead atoms. The molecule has 0 fully saturated rings. The van der Waals surface area contributed by atoms with Gasteiger partial charge in [0.1, 0.15) is 6.04 Å². The van der Waals surface area contributed by atoms with Gasteiger partial charge in [-0.15, -0.1) is 11.3 Å². The second-order valence-electron chi connectivity index (χ2n) is 2.48. The first-order valence-corrected chi connectivity index (χ1v) is 5.83. The maximum atomic E-state index is 10.5. The van der Waals surface area contributed by atoms with Crippen molar-refractivity contribution in [1.82, 2.24) is 0 Å². The monoisotopic (exact) mass is 327 g/mol. The molecule has 0 aliphatic carbocycles. The fraction of sp³-hybridized carbons (Fsp3) is 0.286. The van der Waals surface area contributed by atoms with Crippen molar-refractivity contribution in [3.8, 4) is 0 Å². The molecule has 0 aliphatic heterocycles. The van der Waals surface area contributed by atoms with Gasteiger partial charge in [0.2, 0.25) is 0 Å². The number of hydrogen-bond acceptors (Lipinski definition) is 3. The first-order chi connectivity index (χ1) is 6.00. The third-order valence-corrected chi connectivity index (χ3v) is 4.71. The maximum Gasteiger partial charge on any atom is 0.320 e. The molecule has 1 rings (SSSR count). The summed E-state index contributed by atoms with van der Waals surface area (Å²) >= 11 is 8.13. The molecular formula is C7H7Br2NO2S. The molecule has 0 radical (unpaired) electrons. The number of carboxylic acid groups (broad SMARTS) is 1. The van der Waals surface area contributed by atoms with Gasteiger partial charge in [0.25, 0.3) is 0 Å². The van der Waals surface area contributed by atoms with E-state index in [0.717, 1.165) is 13.1 Å². The smallest absolute Gasteiger partial charge is 0.320 e. The fourth-order valence-corrected chi connectivity index (χ4v) is 3.03. The Morgan fingerprint density at radius 1 is 1.69 bits per heavy atom. The second-order valence-corrected chi connectivity index (χ2v) is 5.79. The van der Waals surface area contributed by atoms with Crippen LogP contribution >= 0.6 is 43.2 Å². The molecule has 0 aromatic carbocycles. The van der Waals surface area contributed by atoms with E-state index in [1.165, 1.54) is 11.3 Å². The van der Waals surface area contributed by atoms with Crippen molar-refractivity contribution in [1.29, 1.82) is 0 Å². The van der Waals surface area contributed by atoms with Crippen molar-refractivity contribution in [2.24, 2.45) is 5.73 Å². The Labute approximate surface area is 96.2 Å².